The van der Waals surface area contributed by atoms with E-state index < -0.39 is 10.2 Å². The van der Waals surface area contributed by atoms with Gasteiger partial charge in [-0.05, 0) is 24.3 Å². The van der Waals surface area contributed by atoms with E-state index in [1.165, 1.54) is 0 Å². The Balaban J connectivity index is 0. The molecule has 0 amide bonds. The Hall–Kier alpha value is -2.78. The van der Waals surface area contributed by atoms with Crippen LogP contribution in [0.4, 0.5) is 11.4 Å². The molecule has 0 atom stereocenters. The Bertz CT molecular complexity index is 312. The summed E-state index contributed by atoms with van der Waals surface area (Å²) >= 11 is 0. The van der Waals surface area contributed by atoms with Crippen LogP contribution in [-0.4, -0.2) is 34.7 Å². The van der Waals surface area contributed by atoms with Gasteiger partial charge < -0.3 is 21.0 Å². The Morgan fingerprint density at radius 2 is 1.06 bits per heavy atom. The molecule has 4 N–H and O–H groups in total. The Morgan fingerprint density at radius 1 is 0.889 bits per heavy atom. The van der Waals surface area contributed by atoms with E-state index in [9.17, 15) is 0 Å². The molecule has 18 heavy (non-hydrogen) atoms. The first-order chi connectivity index (χ1) is 8.33. The third-order valence-corrected chi connectivity index (χ3v) is 1.46. The maximum absolute atomic E-state index is 8.36. The van der Waals surface area contributed by atoms with Crippen LogP contribution in [0.25, 0.3) is 0 Å². The summed E-state index contributed by atoms with van der Waals surface area (Å²) in [6.07, 6.45) is 0. The predicted octanol–water partition coefficient (Wildman–Crippen LogP) is 1.07. The van der Waals surface area contributed by atoms with Gasteiger partial charge in [0, 0.05) is 25.5 Å². The minimum absolute atomic E-state index is 1.14. The largest absolute Gasteiger partial charge is 0.388 e. The molecule has 1 rings (SSSR count). The Kier molecular flexibility index (Phi) is 10.5. The van der Waals surface area contributed by atoms with Gasteiger partial charge in [0.15, 0.2) is 0 Å². The lowest BCUT2D eigenvalue weighted by Gasteiger charge is -2.01. The normalized spacial score (nSPS) is 7.67. The topological polar surface area (TPSA) is 151 Å². The molecule has 0 aliphatic rings. The standard InChI is InChI=1S/C8H12N2.2HNO3/c1-9-7-3-5-8(10-2)6-4-7;2*2-1(3)4/h3-6,9-10H,1-2H3;2*(H,2,3,4). The van der Waals surface area contributed by atoms with Crippen molar-refractivity contribution in [1.82, 2.24) is 0 Å². The maximum Gasteiger partial charge on any atom is 0.291 e. The molecule has 0 bridgehead atoms. The van der Waals surface area contributed by atoms with Crippen LogP contribution in [0.15, 0.2) is 24.3 Å². The van der Waals surface area contributed by atoms with Gasteiger partial charge in [0.25, 0.3) is 10.2 Å². The first kappa shape index (κ1) is 17.6. The van der Waals surface area contributed by atoms with E-state index in [1.807, 2.05) is 38.4 Å². The van der Waals surface area contributed by atoms with E-state index in [-0.39, 0.29) is 0 Å². The van der Waals surface area contributed by atoms with Gasteiger partial charge in [-0.1, -0.05) is 0 Å². The van der Waals surface area contributed by atoms with Gasteiger partial charge in [-0.2, -0.15) is 0 Å². The molecule has 0 aromatic heterocycles. The minimum atomic E-state index is -1.50. The highest BCUT2D eigenvalue weighted by molar-refractivity contribution is 5.52. The zero-order valence-corrected chi connectivity index (χ0v) is 9.73. The van der Waals surface area contributed by atoms with E-state index in [1.54, 1.807) is 0 Å². The monoisotopic (exact) mass is 262 g/mol. The number of hydrogen-bond donors (Lipinski definition) is 4. The highest BCUT2D eigenvalue weighted by Crippen LogP contribution is 2.11. The first-order valence-corrected chi connectivity index (χ1v) is 4.45. The minimum Gasteiger partial charge on any atom is -0.388 e. The molecule has 0 aliphatic heterocycles. The molecule has 10 nitrogen and oxygen atoms in total. The summed E-state index contributed by atoms with van der Waals surface area (Å²) < 4.78 is 0. The summed E-state index contributed by atoms with van der Waals surface area (Å²) in [6.45, 7) is 0. The molecule has 0 unspecified atom stereocenters. The molecular weight excluding hydrogens is 248 g/mol. The lowest BCUT2D eigenvalue weighted by Crippen LogP contribution is -1.89. The molecule has 10 heteroatoms. The van der Waals surface area contributed by atoms with Crippen LogP contribution in [-0.2, 0) is 0 Å². The predicted molar refractivity (Wildman–Crippen MR) is 63.1 cm³/mol. The van der Waals surface area contributed by atoms with Crippen LogP contribution in [0.1, 0.15) is 0 Å². The molecule has 0 fully saturated rings. The molecule has 1 aromatic rings. The Morgan fingerprint density at radius 3 is 1.17 bits per heavy atom. The van der Waals surface area contributed by atoms with Gasteiger partial charge in [-0.25, -0.2) is 0 Å². The quantitative estimate of drug-likeness (QED) is 0.456. The van der Waals surface area contributed by atoms with Crippen molar-refractivity contribution in [2.75, 3.05) is 24.7 Å². The molecule has 0 aliphatic carbocycles. The summed E-state index contributed by atoms with van der Waals surface area (Å²) in [6, 6.07) is 8.13. The van der Waals surface area contributed by atoms with Crippen LogP contribution in [0, 0.1) is 20.2 Å². The van der Waals surface area contributed by atoms with Gasteiger partial charge in [-0.15, -0.1) is 20.2 Å². The van der Waals surface area contributed by atoms with Gasteiger partial charge in [0.1, 0.15) is 0 Å². The lowest BCUT2D eigenvalue weighted by molar-refractivity contribution is -0.742. The molecular formula is C8H14N4O6. The first-order valence-electron chi connectivity index (χ1n) is 4.45. The second kappa shape index (κ2) is 10.7. The molecule has 0 spiro atoms. The third-order valence-electron chi connectivity index (χ3n) is 1.46. The fraction of sp³-hybridized carbons (Fsp3) is 0.250. The number of nitrogens with zero attached hydrogens (tertiary/aromatic N) is 2. The van der Waals surface area contributed by atoms with Crippen LogP contribution in [0.3, 0.4) is 0 Å². The zero-order chi connectivity index (χ0) is 14.6. The van der Waals surface area contributed by atoms with Crippen LogP contribution >= 0.6 is 0 Å². The van der Waals surface area contributed by atoms with Gasteiger partial charge in [-0.3, -0.25) is 0 Å². The van der Waals surface area contributed by atoms with Crippen molar-refractivity contribution < 1.29 is 20.6 Å². The molecule has 0 heterocycles. The third kappa shape index (κ3) is 15.7. The average molecular weight is 262 g/mol. The van der Waals surface area contributed by atoms with E-state index in [4.69, 9.17) is 30.6 Å². The lowest BCUT2D eigenvalue weighted by atomic mass is 10.3. The van der Waals surface area contributed by atoms with Crippen molar-refractivity contribution >= 4 is 11.4 Å². The fourth-order valence-electron chi connectivity index (χ4n) is 0.804. The fourth-order valence-corrected chi connectivity index (χ4v) is 0.804. The van der Waals surface area contributed by atoms with Crippen molar-refractivity contribution in [3.63, 3.8) is 0 Å². The number of rotatable bonds is 2. The molecule has 0 saturated heterocycles. The molecule has 102 valence electrons. The average Bonchev–Trinajstić information content (AvgIpc) is 2.28. The van der Waals surface area contributed by atoms with Gasteiger partial charge in [0.05, 0.1) is 0 Å². The smallest absolute Gasteiger partial charge is 0.291 e. The number of benzene rings is 1. The number of hydrogen-bond acceptors (Lipinski definition) is 6. The van der Waals surface area contributed by atoms with E-state index in [2.05, 4.69) is 10.6 Å². The second-order valence-electron chi connectivity index (χ2n) is 2.55. The number of nitrogens with one attached hydrogen (secondary N) is 2. The molecule has 1 aromatic carbocycles. The summed E-state index contributed by atoms with van der Waals surface area (Å²) in [5.74, 6) is 0. The van der Waals surface area contributed by atoms with Crippen LogP contribution < -0.4 is 10.6 Å². The van der Waals surface area contributed by atoms with Crippen LogP contribution in [0.5, 0.6) is 0 Å². The van der Waals surface area contributed by atoms with Crippen LogP contribution in [0.2, 0.25) is 0 Å². The summed E-state index contributed by atoms with van der Waals surface area (Å²) in [7, 11) is 3.82. The Labute approximate surface area is 102 Å². The maximum atomic E-state index is 8.36. The number of anilines is 2. The van der Waals surface area contributed by atoms with Gasteiger partial charge >= 0.3 is 0 Å². The summed E-state index contributed by atoms with van der Waals surface area (Å²) in [4.78, 5) is 16.7. The zero-order valence-electron chi connectivity index (χ0n) is 9.73. The second-order valence-corrected chi connectivity index (χ2v) is 2.55. The van der Waals surface area contributed by atoms with Crippen molar-refractivity contribution in [2.24, 2.45) is 0 Å². The highest BCUT2D eigenvalue weighted by Gasteiger charge is 1.86. The summed E-state index contributed by atoms with van der Waals surface area (Å²) in [5.41, 5.74) is 2.28. The van der Waals surface area contributed by atoms with E-state index >= 15 is 0 Å². The van der Waals surface area contributed by atoms with Crippen molar-refractivity contribution in [3.8, 4) is 0 Å². The van der Waals surface area contributed by atoms with Crippen molar-refractivity contribution in [1.29, 1.82) is 0 Å². The summed E-state index contributed by atoms with van der Waals surface area (Å²) in [5, 5.41) is 33.4. The van der Waals surface area contributed by atoms with E-state index in [0.717, 1.165) is 11.4 Å². The SMILES string of the molecule is CNc1ccc(NC)cc1.O=[N+]([O-])O.O=[N+]([O-])O. The van der Waals surface area contributed by atoms with Gasteiger partial charge in [0.2, 0.25) is 0 Å². The van der Waals surface area contributed by atoms with E-state index in [0.29, 0.717) is 0 Å². The highest BCUT2D eigenvalue weighted by atomic mass is 16.9. The van der Waals surface area contributed by atoms with Crippen molar-refractivity contribution in [3.05, 3.63) is 44.5 Å². The molecule has 0 radical (unpaired) electrons. The van der Waals surface area contributed by atoms with Crippen molar-refractivity contribution in [2.45, 2.75) is 0 Å². The molecule has 0 saturated carbocycles.